The molecule has 0 aliphatic rings. The molecule has 3 aromatic rings. The van der Waals surface area contributed by atoms with Crippen LogP contribution in [0, 0.1) is 0 Å². The van der Waals surface area contributed by atoms with Crippen molar-refractivity contribution in [1.29, 1.82) is 0 Å². The Hall–Kier alpha value is -1.93. The van der Waals surface area contributed by atoms with Crippen molar-refractivity contribution in [3.8, 4) is 16.9 Å². The van der Waals surface area contributed by atoms with Crippen molar-refractivity contribution in [2.75, 3.05) is 13.2 Å². The Morgan fingerprint density at radius 1 is 1.30 bits per heavy atom. The SMILES string of the molecule is CCOc1c(-c2cnn(C(C)OCC)c2)ccn2nc(Br)nc12. The van der Waals surface area contributed by atoms with E-state index in [4.69, 9.17) is 9.47 Å². The number of hydrogen-bond acceptors (Lipinski definition) is 5. The average molecular weight is 380 g/mol. The molecule has 0 aliphatic heterocycles. The van der Waals surface area contributed by atoms with Crippen molar-refractivity contribution in [2.24, 2.45) is 0 Å². The number of hydrogen-bond donors (Lipinski definition) is 0. The Morgan fingerprint density at radius 3 is 2.87 bits per heavy atom. The van der Waals surface area contributed by atoms with Crippen molar-refractivity contribution in [2.45, 2.75) is 27.0 Å². The minimum Gasteiger partial charge on any atom is -0.489 e. The van der Waals surface area contributed by atoms with Crippen LogP contribution in [-0.4, -0.2) is 37.6 Å². The van der Waals surface area contributed by atoms with Gasteiger partial charge in [0.25, 0.3) is 0 Å². The second kappa shape index (κ2) is 6.67. The van der Waals surface area contributed by atoms with Gasteiger partial charge in [-0.2, -0.15) is 10.1 Å². The fraction of sp³-hybridized carbons (Fsp3) is 0.400. The molecule has 3 aromatic heterocycles. The molecule has 0 radical (unpaired) electrons. The van der Waals surface area contributed by atoms with Crippen molar-refractivity contribution < 1.29 is 9.47 Å². The van der Waals surface area contributed by atoms with Crippen molar-refractivity contribution in [3.63, 3.8) is 0 Å². The van der Waals surface area contributed by atoms with Crippen molar-refractivity contribution in [3.05, 3.63) is 29.4 Å². The fourth-order valence-corrected chi connectivity index (χ4v) is 2.74. The lowest BCUT2D eigenvalue weighted by atomic mass is 10.1. The van der Waals surface area contributed by atoms with E-state index in [1.807, 2.05) is 39.2 Å². The first-order valence-corrected chi connectivity index (χ1v) is 8.27. The highest BCUT2D eigenvalue weighted by Crippen LogP contribution is 2.33. The smallest absolute Gasteiger partial charge is 0.218 e. The fourth-order valence-electron chi connectivity index (χ4n) is 2.40. The van der Waals surface area contributed by atoms with Gasteiger partial charge < -0.3 is 9.47 Å². The van der Waals surface area contributed by atoms with Gasteiger partial charge in [-0.25, -0.2) is 9.20 Å². The Balaban J connectivity index is 2.06. The summed E-state index contributed by atoms with van der Waals surface area (Å²) in [4.78, 5) is 4.38. The Bertz CT molecular complexity index is 813. The summed E-state index contributed by atoms with van der Waals surface area (Å²) in [7, 11) is 0. The van der Waals surface area contributed by atoms with Crippen molar-refractivity contribution >= 4 is 21.6 Å². The number of pyridine rings is 1. The van der Waals surface area contributed by atoms with Crippen LogP contribution in [0.3, 0.4) is 0 Å². The molecule has 0 bridgehead atoms. The van der Waals surface area contributed by atoms with E-state index >= 15 is 0 Å². The third kappa shape index (κ3) is 3.09. The van der Waals surface area contributed by atoms with E-state index < -0.39 is 0 Å². The lowest BCUT2D eigenvalue weighted by Crippen LogP contribution is -2.09. The van der Waals surface area contributed by atoms with Gasteiger partial charge in [-0.15, -0.1) is 5.10 Å². The maximum absolute atomic E-state index is 5.82. The number of rotatable bonds is 6. The van der Waals surface area contributed by atoms with Gasteiger partial charge in [-0.1, -0.05) is 0 Å². The van der Waals surface area contributed by atoms with Gasteiger partial charge in [0.2, 0.25) is 4.73 Å². The summed E-state index contributed by atoms with van der Waals surface area (Å²) < 4.78 is 15.4. The van der Waals surface area contributed by atoms with Crippen LogP contribution >= 0.6 is 15.9 Å². The van der Waals surface area contributed by atoms with Crippen LogP contribution in [0.5, 0.6) is 5.75 Å². The van der Waals surface area contributed by atoms with Gasteiger partial charge in [-0.3, -0.25) is 0 Å². The molecular formula is C15H18BrN5O2. The largest absolute Gasteiger partial charge is 0.489 e. The summed E-state index contributed by atoms with van der Waals surface area (Å²) in [6, 6.07) is 1.95. The van der Waals surface area contributed by atoms with Gasteiger partial charge in [0.05, 0.1) is 12.8 Å². The van der Waals surface area contributed by atoms with Gasteiger partial charge >= 0.3 is 0 Å². The van der Waals surface area contributed by atoms with E-state index in [-0.39, 0.29) is 6.23 Å². The molecule has 0 fully saturated rings. The summed E-state index contributed by atoms with van der Waals surface area (Å²) in [5.41, 5.74) is 2.54. The predicted octanol–water partition coefficient (Wildman–Crippen LogP) is 3.31. The van der Waals surface area contributed by atoms with Gasteiger partial charge in [0, 0.05) is 30.1 Å². The predicted molar refractivity (Wildman–Crippen MR) is 89.4 cm³/mol. The first-order valence-electron chi connectivity index (χ1n) is 7.47. The molecule has 7 nitrogen and oxygen atoms in total. The van der Waals surface area contributed by atoms with Crippen LogP contribution < -0.4 is 4.74 Å². The van der Waals surface area contributed by atoms with Crippen LogP contribution in [0.25, 0.3) is 16.8 Å². The first kappa shape index (κ1) is 15.9. The van der Waals surface area contributed by atoms with Crippen LogP contribution in [0.15, 0.2) is 29.4 Å². The van der Waals surface area contributed by atoms with Crippen LogP contribution in [0.1, 0.15) is 27.0 Å². The van der Waals surface area contributed by atoms with Gasteiger partial charge in [0.15, 0.2) is 11.4 Å². The summed E-state index contributed by atoms with van der Waals surface area (Å²) >= 11 is 3.30. The molecular weight excluding hydrogens is 362 g/mol. The molecule has 122 valence electrons. The Labute approximate surface area is 142 Å². The van der Waals surface area contributed by atoms with Crippen LogP contribution in [-0.2, 0) is 4.74 Å². The first-order chi connectivity index (χ1) is 11.1. The highest BCUT2D eigenvalue weighted by Gasteiger charge is 2.16. The summed E-state index contributed by atoms with van der Waals surface area (Å²) in [6.45, 7) is 7.05. The number of nitrogens with zero attached hydrogens (tertiary/aromatic N) is 5. The molecule has 3 rings (SSSR count). The quantitative estimate of drug-likeness (QED) is 0.657. The third-order valence-electron chi connectivity index (χ3n) is 3.42. The van der Waals surface area contributed by atoms with E-state index in [2.05, 4.69) is 31.1 Å². The zero-order valence-electron chi connectivity index (χ0n) is 13.2. The maximum Gasteiger partial charge on any atom is 0.218 e. The normalized spacial score (nSPS) is 12.7. The molecule has 0 N–H and O–H groups in total. The molecule has 1 unspecified atom stereocenters. The molecule has 0 amide bonds. The number of fused-ring (bicyclic) bond motifs is 1. The lowest BCUT2D eigenvalue weighted by molar-refractivity contribution is 0.0160. The average Bonchev–Trinajstić information content (AvgIpc) is 3.14. The molecule has 0 saturated heterocycles. The topological polar surface area (TPSA) is 66.5 Å². The van der Waals surface area contributed by atoms with E-state index in [0.29, 0.717) is 29.3 Å². The van der Waals surface area contributed by atoms with Gasteiger partial charge in [0.1, 0.15) is 6.23 Å². The molecule has 23 heavy (non-hydrogen) atoms. The minimum absolute atomic E-state index is 0.115. The Kier molecular flexibility index (Phi) is 4.63. The van der Waals surface area contributed by atoms with Gasteiger partial charge in [-0.05, 0) is 42.8 Å². The van der Waals surface area contributed by atoms with E-state index in [9.17, 15) is 0 Å². The van der Waals surface area contributed by atoms with Crippen molar-refractivity contribution in [1.82, 2.24) is 24.4 Å². The molecule has 0 aromatic carbocycles. The number of halogens is 1. The van der Waals surface area contributed by atoms with Crippen LogP contribution in [0.2, 0.25) is 0 Å². The number of ether oxygens (including phenoxy) is 2. The van der Waals surface area contributed by atoms with Crippen LogP contribution in [0.4, 0.5) is 0 Å². The zero-order chi connectivity index (χ0) is 16.4. The molecule has 0 spiro atoms. The van der Waals surface area contributed by atoms with E-state index in [0.717, 1.165) is 11.1 Å². The minimum atomic E-state index is -0.115. The summed E-state index contributed by atoms with van der Waals surface area (Å²) in [6.07, 6.45) is 5.49. The maximum atomic E-state index is 5.82. The Morgan fingerprint density at radius 2 is 2.13 bits per heavy atom. The highest BCUT2D eigenvalue weighted by atomic mass is 79.9. The molecule has 0 aliphatic carbocycles. The molecule has 3 heterocycles. The second-order valence-electron chi connectivity index (χ2n) is 4.90. The molecule has 1 atom stereocenters. The van der Waals surface area contributed by atoms with E-state index in [1.54, 1.807) is 15.4 Å². The lowest BCUT2D eigenvalue weighted by Gasteiger charge is -2.12. The van der Waals surface area contributed by atoms with E-state index in [1.165, 1.54) is 0 Å². The molecule has 0 saturated carbocycles. The standard InChI is InChI=1S/C15H18BrN5O2/c1-4-22-10(3)21-9-11(8-17-21)12-6-7-20-14(13(12)23-5-2)18-15(16)19-20/h6-10H,4-5H2,1-3H3. The number of aromatic nitrogens is 5. The highest BCUT2D eigenvalue weighted by molar-refractivity contribution is 9.10. The molecule has 8 heteroatoms. The second-order valence-corrected chi connectivity index (χ2v) is 5.61. The zero-order valence-corrected chi connectivity index (χ0v) is 14.8. The summed E-state index contributed by atoms with van der Waals surface area (Å²) in [5, 5.41) is 8.63. The summed E-state index contributed by atoms with van der Waals surface area (Å²) in [5.74, 6) is 0.691. The monoisotopic (exact) mass is 379 g/mol. The third-order valence-corrected chi connectivity index (χ3v) is 3.75.